The Bertz CT molecular complexity index is 713. The molecule has 0 atom stereocenters. The minimum absolute atomic E-state index is 0.309. The van der Waals surface area contributed by atoms with Crippen molar-refractivity contribution in [2.24, 2.45) is 5.73 Å². The van der Waals surface area contributed by atoms with E-state index >= 15 is 0 Å². The van der Waals surface area contributed by atoms with Crippen LogP contribution in [0.2, 0.25) is 0 Å². The molecule has 0 saturated carbocycles. The molecule has 0 spiro atoms. The molecule has 3 aromatic carbocycles. The molecule has 3 rings (SSSR count). The van der Waals surface area contributed by atoms with Crippen LogP contribution in [0.15, 0.2) is 91.0 Å². The molecule has 2 N–H and O–H groups in total. The maximum atomic E-state index is 5.45. The quantitative estimate of drug-likeness (QED) is 0.197. The number of rotatable bonds is 15. The Hall–Kier alpha value is -2.32. The second-order valence-corrected chi connectivity index (χ2v) is 9.34. The maximum Gasteiger partial charge on any atom is 0.241 e. The molecule has 0 saturated heterocycles. The smallest absolute Gasteiger partial charge is 0.241 e. The lowest BCUT2D eigenvalue weighted by Crippen LogP contribution is -2.51. The summed E-state index contributed by atoms with van der Waals surface area (Å²) in [5, 5.41) is 0. The van der Waals surface area contributed by atoms with Gasteiger partial charge in [-0.1, -0.05) is 185 Å². The molecule has 0 fully saturated rings. The van der Waals surface area contributed by atoms with Gasteiger partial charge in [-0.3, -0.25) is 0 Å². The summed E-state index contributed by atoms with van der Waals surface area (Å²) >= 11 is 0. The highest BCUT2D eigenvalue weighted by molar-refractivity contribution is 6.95. The minimum atomic E-state index is 0.309. The van der Waals surface area contributed by atoms with Crippen molar-refractivity contribution in [3.63, 3.8) is 0 Å². The van der Waals surface area contributed by atoms with Crippen LogP contribution in [0, 0.1) is 0 Å². The van der Waals surface area contributed by atoms with Gasteiger partial charge in [0.25, 0.3) is 0 Å². The van der Waals surface area contributed by atoms with E-state index in [9.17, 15) is 0 Å². The van der Waals surface area contributed by atoms with Crippen LogP contribution >= 0.6 is 0 Å². The number of benzene rings is 3. The lowest BCUT2D eigenvalue weighted by atomic mass is 9.37. The Morgan fingerprint density at radius 3 is 1.03 bits per heavy atom. The second-order valence-electron chi connectivity index (χ2n) is 9.34. The van der Waals surface area contributed by atoms with E-state index in [1.165, 1.54) is 93.4 Å². The summed E-state index contributed by atoms with van der Waals surface area (Å²) in [6, 6.07) is 32.0. The third-order valence-corrected chi connectivity index (χ3v) is 6.46. The maximum absolute atomic E-state index is 5.45. The molecular formula is C32H46BN. The summed E-state index contributed by atoms with van der Waals surface area (Å²) in [7, 11) is 0. The van der Waals surface area contributed by atoms with E-state index in [0.29, 0.717) is 6.71 Å². The monoisotopic (exact) mass is 455 g/mol. The van der Waals surface area contributed by atoms with E-state index in [-0.39, 0.29) is 0 Å². The van der Waals surface area contributed by atoms with Gasteiger partial charge in [0.2, 0.25) is 6.71 Å². The zero-order chi connectivity index (χ0) is 24.1. The molecule has 0 aliphatic heterocycles. The average Bonchev–Trinajstić information content (AvgIpc) is 2.90. The highest BCUT2D eigenvalue weighted by Crippen LogP contribution is 2.11. The summed E-state index contributed by atoms with van der Waals surface area (Å²) in [5.74, 6) is 0. The zero-order valence-electron chi connectivity index (χ0n) is 21.5. The second kappa shape index (κ2) is 19.0. The van der Waals surface area contributed by atoms with Crippen molar-refractivity contribution in [2.75, 3.05) is 6.54 Å². The van der Waals surface area contributed by atoms with Gasteiger partial charge in [-0.25, -0.2) is 0 Å². The van der Waals surface area contributed by atoms with Crippen LogP contribution in [0.1, 0.15) is 84.0 Å². The van der Waals surface area contributed by atoms with E-state index < -0.39 is 0 Å². The van der Waals surface area contributed by atoms with Gasteiger partial charge in [0.15, 0.2) is 0 Å². The highest BCUT2D eigenvalue weighted by atomic mass is 14.5. The molecule has 34 heavy (non-hydrogen) atoms. The van der Waals surface area contributed by atoms with Crippen molar-refractivity contribution >= 4 is 23.1 Å². The first-order chi connectivity index (χ1) is 16.9. The van der Waals surface area contributed by atoms with Crippen LogP contribution < -0.4 is 22.1 Å². The molecule has 0 unspecified atom stereocenters. The fourth-order valence-electron chi connectivity index (χ4n) is 4.50. The first kappa shape index (κ1) is 27.9. The number of unbranched alkanes of at least 4 members (excludes halogenated alkanes) is 11. The van der Waals surface area contributed by atoms with Crippen LogP contribution in [0.25, 0.3) is 0 Å². The topological polar surface area (TPSA) is 26.0 Å². The van der Waals surface area contributed by atoms with Gasteiger partial charge in [-0.2, -0.15) is 0 Å². The Morgan fingerprint density at radius 2 is 0.735 bits per heavy atom. The highest BCUT2D eigenvalue weighted by Gasteiger charge is 2.20. The predicted octanol–water partition coefficient (Wildman–Crippen LogP) is 6.85. The Morgan fingerprint density at radius 1 is 0.441 bits per heavy atom. The third kappa shape index (κ3) is 11.7. The summed E-state index contributed by atoms with van der Waals surface area (Å²) in [6.45, 7) is 3.46. The molecule has 3 aromatic rings. The van der Waals surface area contributed by atoms with Crippen molar-refractivity contribution in [3.05, 3.63) is 91.0 Å². The van der Waals surface area contributed by atoms with Crippen molar-refractivity contribution in [3.8, 4) is 0 Å². The molecule has 0 amide bonds. The van der Waals surface area contributed by atoms with Gasteiger partial charge in [0, 0.05) is 0 Å². The van der Waals surface area contributed by atoms with Gasteiger partial charge in [0.1, 0.15) is 0 Å². The molecule has 0 aromatic heterocycles. The van der Waals surface area contributed by atoms with E-state index in [1.807, 2.05) is 0 Å². The van der Waals surface area contributed by atoms with E-state index in [0.717, 1.165) is 6.54 Å². The van der Waals surface area contributed by atoms with E-state index in [4.69, 9.17) is 5.73 Å². The normalized spacial score (nSPS) is 10.4. The molecular weight excluding hydrogens is 409 g/mol. The number of hydrogen-bond donors (Lipinski definition) is 1. The van der Waals surface area contributed by atoms with Gasteiger partial charge in [0.05, 0.1) is 0 Å². The Kier molecular flexibility index (Phi) is 15.6. The standard InChI is InChI=1S/C18H15B.C14H31N/c1-4-10-16(11-5-1)19(17-12-6-2-7-13-17)18-14-8-3-9-15-18;1-2-3-4-5-6-7-8-9-10-11-12-13-14-15/h1-15H;2-15H2,1H3. The van der Waals surface area contributed by atoms with Gasteiger partial charge >= 0.3 is 0 Å². The van der Waals surface area contributed by atoms with E-state index in [2.05, 4.69) is 97.9 Å². The average molecular weight is 456 g/mol. The summed E-state index contributed by atoms with van der Waals surface area (Å²) in [4.78, 5) is 0. The minimum Gasteiger partial charge on any atom is -0.330 e. The molecule has 0 aliphatic carbocycles. The van der Waals surface area contributed by atoms with Crippen LogP contribution in [0.3, 0.4) is 0 Å². The van der Waals surface area contributed by atoms with Gasteiger partial charge < -0.3 is 5.73 Å². The van der Waals surface area contributed by atoms with Crippen molar-refractivity contribution in [1.29, 1.82) is 0 Å². The van der Waals surface area contributed by atoms with Gasteiger partial charge in [-0.15, -0.1) is 0 Å². The van der Waals surface area contributed by atoms with Crippen LogP contribution in [0.4, 0.5) is 0 Å². The van der Waals surface area contributed by atoms with Crippen molar-refractivity contribution < 1.29 is 0 Å². The van der Waals surface area contributed by atoms with Crippen molar-refractivity contribution in [2.45, 2.75) is 84.0 Å². The molecule has 0 bridgehead atoms. The Labute approximate surface area is 210 Å². The fourth-order valence-corrected chi connectivity index (χ4v) is 4.50. The number of nitrogens with two attached hydrogens (primary N) is 1. The van der Waals surface area contributed by atoms with Crippen molar-refractivity contribution in [1.82, 2.24) is 0 Å². The molecule has 0 aliphatic rings. The van der Waals surface area contributed by atoms with Crippen LogP contribution in [0.5, 0.6) is 0 Å². The summed E-state index contributed by atoms with van der Waals surface area (Å²) < 4.78 is 0. The number of hydrogen-bond acceptors (Lipinski definition) is 1. The molecule has 1 nitrogen and oxygen atoms in total. The first-order valence-corrected chi connectivity index (χ1v) is 13.7. The third-order valence-electron chi connectivity index (χ3n) is 6.46. The molecule has 2 heteroatoms. The lowest BCUT2D eigenvalue weighted by molar-refractivity contribution is 0.545. The lowest BCUT2D eigenvalue weighted by Gasteiger charge is -2.15. The SMILES string of the molecule is CCCCCCCCCCCCCCN.c1ccc(B(c2ccccc2)c2ccccc2)cc1. The molecule has 182 valence electrons. The Balaban J connectivity index is 0.000000249. The fraction of sp³-hybridized carbons (Fsp3) is 0.438. The summed E-state index contributed by atoms with van der Waals surface area (Å²) in [6.07, 6.45) is 16.9. The molecule has 0 radical (unpaired) electrons. The van der Waals surface area contributed by atoms with Crippen LogP contribution in [-0.4, -0.2) is 13.3 Å². The van der Waals surface area contributed by atoms with Crippen LogP contribution in [-0.2, 0) is 0 Å². The van der Waals surface area contributed by atoms with Gasteiger partial charge in [-0.05, 0) is 13.0 Å². The summed E-state index contributed by atoms with van der Waals surface area (Å²) in [5.41, 5.74) is 9.45. The van der Waals surface area contributed by atoms with E-state index in [1.54, 1.807) is 0 Å². The molecule has 0 heterocycles. The largest absolute Gasteiger partial charge is 0.330 e. The first-order valence-electron chi connectivity index (χ1n) is 13.7. The predicted molar refractivity (Wildman–Crippen MR) is 154 cm³/mol. The zero-order valence-corrected chi connectivity index (χ0v) is 21.5.